The number of hydrogen-bond donors (Lipinski definition) is 1. The Hall–Kier alpha value is -0.100. The van der Waals surface area contributed by atoms with E-state index in [1.165, 1.54) is 6.92 Å². The first-order valence-electron chi connectivity index (χ1n) is 4.84. The molecule has 3 atom stereocenters. The smallest absolute Gasteiger partial charge is 0.314 e. The molecule has 0 aromatic rings. The van der Waals surface area contributed by atoms with Crippen molar-refractivity contribution in [2.45, 2.75) is 44.2 Å². The zero-order valence-electron chi connectivity index (χ0n) is 9.23. The highest BCUT2D eigenvalue weighted by Gasteiger charge is 2.29. The lowest BCUT2D eigenvalue weighted by Gasteiger charge is -2.16. The van der Waals surface area contributed by atoms with E-state index < -0.39 is 29.4 Å². The fourth-order valence-electron chi connectivity index (χ4n) is 1.12. The van der Waals surface area contributed by atoms with Gasteiger partial charge in [-0.05, 0) is 19.9 Å². The Labute approximate surface area is 91.1 Å². The molecule has 1 N–H and O–H groups in total. The van der Waals surface area contributed by atoms with Crippen LogP contribution in [0.2, 0.25) is 0 Å². The molecule has 0 aromatic carbocycles. The van der Waals surface area contributed by atoms with Gasteiger partial charge in [-0.25, -0.2) is 0 Å². The van der Waals surface area contributed by atoms with Crippen LogP contribution in [0.3, 0.4) is 0 Å². The van der Waals surface area contributed by atoms with Crippen molar-refractivity contribution < 1.29 is 17.4 Å². The van der Waals surface area contributed by atoms with Gasteiger partial charge < -0.3 is 5.32 Å². The van der Waals surface area contributed by atoms with Gasteiger partial charge >= 0.3 is 6.18 Å². The molecule has 0 rings (SSSR count). The van der Waals surface area contributed by atoms with Gasteiger partial charge in [-0.2, -0.15) is 13.2 Å². The molecule has 0 saturated heterocycles. The quantitative estimate of drug-likeness (QED) is 0.776. The molecule has 3 unspecified atom stereocenters. The molecule has 0 radical (unpaired) electrons. The normalized spacial score (nSPS) is 18.5. The van der Waals surface area contributed by atoms with Crippen LogP contribution in [0, 0.1) is 0 Å². The molecule has 0 aliphatic carbocycles. The maximum atomic E-state index is 11.9. The molecule has 0 saturated carbocycles. The van der Waals surface area contributed by atoms with E-state index in [9.17, 15) is 17.4 Å². The Morgan fingerprint density at radius 1 is 1.33 bits per heavy atom. The number of alkyl halides is 3. The fourth-order valence-corrected chi connectivity index (χ4v) is 1.57. The van der Waals surface area contributed by atoms with E-state index >= 15 is 0 Å². The molecule has 0 bridgehead atoms. The summed E-state index contributed by atoms with van der Waals surface area (Å²) >= 11 is 0. The molecule has 0 aliphatic rings. The molecular weight excluding hydrogens is 227 g/mol. The minimum absolute atomic E-state index is 0.0237. The number of rotatable bonds is 6. The van der Waals surface area contributed by atoms with Gasteiger partial charge in [0.2, 0.25) is 0 Å². The minimum Gasteiger partial charge on any atom is -0.314 e. The number of nitrogens with one attached hydrogen (secondary N) is 1. The van der Waals surface area contributed by atoms with Crippen molar-refractivity contribution in [3.05, 3.63) is 0 Å². The SMILES string of the molecule is CC(CC(F)(F)F)NCCC(C)S(C)=O. The molecule has 0 heterocycles. The molecule has 0 fully saturated rings. The second-order valence-electron chi connectivity index (χ2n) is 3.77. The highest BCUT2D eigenvalue weighted by molar-refractivity contribution is 7.84. The Kier molecular flexibility index (Phi) is 6.43. The summed E-state index contributed by atoms with van der Waals surface area (Å²) in [5, 5.41) is 2.79. The van der Waals surface area contributed by atoms with E-state index in [0.717, 1.165) is 0 Å². The highest BCUT2D eigenvalue weighted by atomic mass is 32.2. The molecule has 6 heteroatoms. The van der Waals surface area contributed by atoms with Crippen molar-refractivity contribution in [1.29, 1.82) is 0 Å². The van der Waals surface area contributed by atoms with Gasteiger partial charge in [0.15, 0.2) is 0 Å². The van der Waals surface area contributed by atoms with Crippen LogP contribution in [0.25, 0.3) is 0 Å². The molecule has 0 spiro atoms. The maximum Gasteiger partial charge on any atom is 0.390 e. The molecule has 0 amide bonds. The zero-order chi connectivity index (χ0) is 12.1. The van der Waals surface area contributed by atoms with Crippen molar-refractivity contribution in [2.75, 3.05) is 12.8 Å². The van der Waals surface area contributed by atoms with Crippen molar-refractivity contribution in [2.24, 2.45) is 0 Å². The van der Waals surface area contributed by atoms with Gasteiger partial charge in [-0.15, -0.1) is 0 Å². The van der Waals surface area contributed by atoms with Crippen LogP contribution in [-0.2, 0) is 10.8 Å². The average molecular weight is 245 g/mol. The highest BCUT2D eigenvalue weighted by Crippen LogP contribution is 2.21. The van der Waals surface area contributed by atoms with Crippen LogP contribution in [0.4, 0.5) is 13.2 Å². The van der Waals surface area contributed by atoms with Crippen LogP contribution in [0.5, 0.6) is 0 Å². The zero-order valence-corrected chi connectivity index (χ0v) is 10.0. The summed E-state index contributed by atoms with van der Waals surface area (Å²) in [6, 6.07) is -0.581. The van der Waals surface area contributed by atoms with Gasteiger partial charge in [-0.1, -0.05) is 6.92 Å². The maximum absolute atomic E-state index is 11.9. The lowest BCUT2D eigenvalue weighted by Crippen LogP contribution is -2.33. The summed E-state index contributed by atoms with van der Waals surface area (Å²) in [4.78, 5) is 0. The van der Waals surface area contributed by atoms with Crippen molar-refractivity contribution in [3.63, 3.8) is 0 Å². The van der Waals surface area contributed by atoms with E-state index in [1.54, 1.807) is 6.26 Å². The summed E-state index contributed by atoms with van der Waals surface area (Å²) in [7, 11) is -0.906. The second-order valence-corrected chi connectivity index (χ2v) is 5.57. The molecule has 0 aliphatic heterocycles. The summed E-state index contributed by atoms with van der Waals surface area (Å²) < 4.78 is 46.7. The third-order valence-electron chi connectivity index (χ3n) is 2.15. The van der Waals surface area contributed by atoms with Crippen molar-refractivity contribution in [3.8, 4) is 0 Å². The lowest BCUT2D eigenvalue weighted by molar-refractivity contribution is -0.139. The van der Waals surface area contributed by atoms with Gasteiger partial charge in [-0.3, -0.25) is 4.21 Å². The van der Waals surface area contributed by atoms with E-state index in [2.05, 4.69) is 5.32 Å². The monoisotopic (exact) mass is 245 g/mol. The standard InChI is InChI=1S/C9H18F3NOS/c1-7(6-9(10,11)12)13-5-4-8(2)15(3)14/h7-8,13H,4-6H2,1-3H3. The minimum atomic E-state index is -4.12. The lowest BCUT2D eigenvalue weighted by atomic mass is 10.2. The van der Waals surface area contributed by atoms with Crippen LogP contribution in [0.1, 0.15) is 26.7 Å². The molecule has 2 nitrogen and oxygen atoms in total. The second kappa shape index (κ2) is 6.48. The van der Waals surface area contributed by atoms with Gasteiger partial charge in [0.25, 0.3) is 0 Å². The van der Waals surface area contributed by atoms with Crippen LogP contribution >= 0.6 is 0 Å². The molecular formula is C9H18F3NOS. The Morgan fingerprint density at radius 3 is 2.27 bits per heavy atom. The third-order valence-corrected chi connectivity index (χ3v) is 3.52. The number of hydrogen-bond acceptors (Lipinski definition) is 2. The first-order chi connectivity index (χ1) is 6.72. The molecule has 92 valence electrons. The van der Waals surface area contributed by atoms with E-state index in [1.807, 2.05) is 6.92 Å². The van der Waals surface area contributed by atoms with Crippen LogP contribution in [0.15, 0.2) is 0 Å². The predicted octanol–water partition coefficient (Wildman–Crippen LogP) is 2.07. The summed E-state index contributed by atoms with van der Waals surface area (Å²) in [6.45, 7) is 3.80. The molecule has 15 heavy (non-hydrogen) atoms. The first-order valence-corrected chi connectivity index (χ1v) is 6.47. The topological polar surface area (TPSA) is 29.1 Å². The first kappa shape index (κ1) is 14.9. The molecule has 0 aromatic heterocycles. The average Bonchev–Trinajstić information content (AvgIpc) is 2.00. The Balaban J connectivity index is 3.64. The largest absolute Gasteiger partial charge is 0.390 e. The number of halogens is 3. The third kappa shape index (κ3) is 8.87. The van der Waals surface area contributed by atoms with Crippen LogP contribution in [-0.4, -0.2) is 34.5 Å². The van der Waals surface area contributed by atoms with Gasteiger partial charge in [0, 0.05) is 28.3 Å². The predicted molar refractivity (Wildman–Crippen MR) is 56.3 cm³/mol. The van der Waals surface area contributed by atoms with Gasteiger partial charge in [0.05, 0.1) is 6.42 Å². The summed E-state index contributed by atoms with van der Waals surface area (Å²) in [6.07, 6.45) is -2.71. The van der Waals surface area contributed by atoms with Crippen molar-refractivity contribution in [1.82, 2.24) is 5.32 Å². The van der Waals surface area contributed by atoms with E-state index in [0.29, 0.717) is 13.0 Å². The van der Waals surface area contributed by atoms with E-state index in [-0.39, 0.29) is 5.25 Å². The van der Waals surface area contributed by atoms with Crippen molar-refractivity contribution >= 4 is 10.8 Å². The fraction of sp³-hybridized carbons (Fsp3) is 1.00. The Bertz CT molecular complexity index is 208. The Morgan fingerprint density at radius 2 is 1.87 bits per heavy atom. The summed E-state index contributed by atoms with van der Waals surface area (Å²) in [5.41, 5.74) is 0. The summed E-state index contributed by atoms with van der Waals surface area (Å²) in [5.74, 6) is 0. The van der Waals surface area contributed by atoms with Crippen LogP contribution < -0.4 is 5.32 Å². The van der Waals surface area contributed by atoms with E-state index in [4.69, 9.17) is 0 Å². The van der Waals surface area contributed by atoms with Gasteiger partial charge in [0.1, 0.15) is 0 Å².